The summed E-state index contributed by atoms with van der Waals surface area (Å²) in [6.45, 7) is 1.87. The maximum absolute atomic E-state index is 12.0. The fourth-order valence-corrected chi connectivity index (χ4v) is 1.49. The molecular formula is C8H9F2OP. The van der Waals surface area contributed by atoms with Crippen molar-refractivity contribution in [3.8, 4) is 0 Å². The van der Waals surface area contributed by atoms with Crippen LogP contribution in [0.25, 0.3) is 0 Å². The second-order valence-corrected chi connectivity index (χ2v) is 4.05. The van der Waals surface area contributed by atoms with Gasteiger partial charge in [-0.15, -0.1) is 0 Å². The quantitative estimate of drug-likeness (QED) is 0.709. The second kappa shape index (κ2) is 3.92. The average Bonchev–Trinajstić information content (AvgIpc) is 2.04. The number of hydrogen-bond donors (Lipinski definition) is 1. The summed E-state index contributed by atoms with van der Waals surface area (Å²) in [7, 11) is -2.28. The Hall–Kier alpha value is -0.530. The van der Waals surface area contributed by atoms with Crippen LogP contribution in [0.1, 0.15) is 5.56 Å². The highest BCUT2D eigenvalue weighted by molar-refractivity contribution is 7.60. The van der Waals surface area contributed by atoms with Gasteiger partial charge < -0.3 is 4.89 Å². The van der Waals surface area contributed by atoms with Gasteiger partial charge in [-0.25, -0.2) is 8.78 Å². The van der Waals surface area contributed by atoms with Crippen molar-refractivity contribution in [2.24, 2.45) is 0 Å². The molecule has 1 N–H and O–H groups in total. The molecule has 0 radical (unpaired) electrons. The summed E-state index contributed by atoms with van der Waals surface area (Å²) in [6.07, 6.45) is -2.65. The van der Waals surface area contributed by atoms with Crippen molar-refractivity contribution in [3.05, 3.63) is 29.8 Å². The molecular weight excluding hydrogens is 181 g/mol. The summed E-state index contributed by atoms with van der Waals surface area (Å²) < 4.78 is 24.0. The van der Waals surface area contributed by atoms with Gasteiger partial charge in [-0.05, 0) is 6.92 Å². The first-order valence-corrected chi connectivity index (χ1v) is 4.80. The number of halogens is 2. The van der Waals surface area contributed by atoms with Crippen LogP contribution >= 0.6 is 8.15 Å². The fraction of sp³-hybridized carbons (Fsp3) is 0.250. The van der Waals surface area contributed by atoms with E-state index in [1.165, 1.54) is 12.1 Å². The van der Waals surface area contributed by atoms with E-state index in [4.69, 9.17) is 4.89 Å². The minimum absolute atomic E-state index is 0.325. The van der Waals surface area contributed by atoms with Gasteiger partial charge in [0.25, 0.3) is 6.17 Å². The van der Waals surface area contributed by atoms with Crippen LogP contribution in [0.3, 0.4) is 0 Å². The van der Waals surface area contributed by atoms with Gasteiger partial charge in [-0.2, -0.15) is 0 Å². The largest absolute Gasteiger partial charge is 0.364 e. The normalized spacial score (nSPS) is 13.4. The molecule has 0 aromatic heterocycles. The SMILES string of the molecule is Cc1ccc(P(O)C(F)F)cc1. The molecule has 0 saturated heterocycles. The van der Waals surface area contributed by atoms with Crippen molar-refractivity contribution in [3.63, 3.8) is 0 Å². The third kappa shape index (κ3) is 2.23. The zero-order valence-corrected chi connectivity index (χ0v) is 7.43. The molecule has 0 saturated carbocycles. The van der Waals surface area contributed by atoms with Crippen molar-refractivity contribution in [1.29, 1.82) is 0 Å². The molecule has 0 aliphatic rings. The lowest BCUT2D eigenvalue weighted by atomic mass is 10.2. The van der Waals surface area contributed by atoms with Crippen LogP contribution in [0.2, 0.25) is 0 Å². The molecule has 0 amide bonds. The van der Waals surface area contributed by atoms with E-state index in [1.807, 2.05) is 6.92 Å². The Labute approximate surface area is 70.9 Å². The van der Waals surface area contributed by atoms with Crippen molar-refractivity contribution in [1.82, 2.24) is 0 Å². The highest BCUT2D eigenvalue weighted by Gasteiger charge is 2.18. The Morgan fingerprint density at radius 3 is 2.17 bits per heavy atom. The van der Waals surface area contributed by atoms with E-state index in [9.17, 15) is 8.78 Å². The fourth-order valence-electron chi connectivity index (χ4n) is 0.810. The summed E-state index contributed by atoms with van der Waals surface area (Å²) in [4.78, 5) is 9.00. The van der Waals surface area contributed by atoms with Crippen LogP contribution in [0.5, 0.6) is 0 Å². The minimum Gasteiger partial charge on any atom is -0.364 e. The second-order valence-electron chi connectivity index (χ2n) is 2.46. The molecule has 1 aromatic rings. The summed E-state index contributed by atoms with van der Waals surface area (Å²) in [6, 6.07) is 6.49. The number of alkyl halides is 2. The van der Waals surface area contributed by atoms with Crippen LogP contribution in [0.15, 0.2) is 24.3 Å². The predicted octanol–water partition coefficient (Wildman–Crippen LogP) is 2.23. The zero-order valence-electron chi connectivity index (χ0n) is 6.54. The molecule has 1 aromatic carbocycles. The molecule has 0 aliphatic carbocycles. The van der Waals surface area contributed by atoms with Crippen molar-refractivity contribution >= 4 is 13.5 Å². The van der Waals surface area contributed by atoms with E-state index < -0.39 is 14.3 Å². The Bertz CT molecular complexity index is 248. The molecule has 1 rings (SSSR count). The molecule has 0 spiro atoms. The molecule has 1 unspecified atom stereocenters. The highest BCUT2D eigenvalue weighted by Crippen LogP contribution is 2.36. The van der Waals surface area contributed by atoms with Gasteiger partial charge in [0, 0.05) is 5.30 Å². The van der Waals surface area contributed by atoms with Crippen LogP contribution in [-0.4, -0.2) is 11.1 Å². The molecule has 0 bridgehead atoms. The van der Waals surface area contributed by atoms with Crippen LogP contribution in [-0.2, 0) is 0 Å². The Morgan fingerprint density at radius 2 is 1.75 bits per heavy atom. The van der Waals surface area contributed by atoms with Crippen LogP contribution in [0, 0.1) is 6.92 Å². The van der Waals surface area contributed by atoms with E-state index >= 15 is 0 Å². The monoisotopic (exact) mass is 190 g/mol. The lowest BCUT2D eigenvalue weighted by molar-refractivity contribution is 0.234. The number of hydrogen-bond acceptors (Lipinski definition) is 1. The lowest BCUT2D eigenvalue weighted by Gasteiger charge is -2.08. The Balaban J connectivity index is 2.82. The topological polar surface area (TPSA) is 20.2 Å². The number of benzene rings is 1. The Morgan fingerprint density at radius 1 is 1.25 bits per heavy atom. The average molecular weight is 190 g/mol. The minimum atomic E-state index is -2.65. The van der Waals surface area contributed by atoms with E-state index in [0.717, 1.165) is 5.56 Å². The zero-order chi connectivity index (χ0) is 9.14. The maximum Gasteiger partial charge on any atom is 0.283 e. The molecule has 4 heteroatoms. The van der Waals surface area contributed by atoms with Gasteiger partial charge in [-0.3, -0.25) is 0 Å². The molecule has 1 atom stereocenters. The van der Waals surface area contributed by atoms with Crippen molar-refractivity contribution < 1.29 is 13.7 Å². The van der Waals surface area contributed by atoms with Crippen molar-refractivity contribution in [2.45, 2.75) is 13.1 Å². The van der Waals surface area contributed by atoms with Gasteiger partial charge >= 0.3 is 0 Å². The van der Waals surface area contributed by atoms with Gasteiger partial charge in [-0.1, -0.05) is 29.8 Å². The van der Waals surface area contributed by atoms with Gasteiger partial charge in [0.05, 0.1) is 0 Å². The lowest BCUT2D eigenvalue weighted by Crippen LogP contribution is -2.04. The first-order valence-electron chi connectivity index (χ1n) is 3.44. The van der Waals surface area contributed by atoms with E-state index in [2.05, 4.69) is 0 Å². The maximum atomic E-state index is 12.0. The molecule has 0 heterocycles. The summed E-state index contributed by atoms with van der Waals surface area (Å²) in [5.41, 5.74) is 0.997. The van der Waals surface area contributed by atoms with E-state index in [0.29, 0.717) is 5.30 Å². The van der Waals surface area contributed by atoms with Gasteiger partial charge in [0.15, 0.2) is 0 Å². The molecule has 0 aliphatic heterocycles. The Kier molecular flexibility index (Phi) is 3.12. The molecule has 12 heavy (non-hydrogen) atoms. The van der Waals surface area contributed by atoms with E-state index in [-0.39, 0.29) is 0 Å². The van der Waals surface area contributed by atoms with E-state index in [1.54, 1.807) is 12.1 Å². The smallest absolute Gasteiger partial charge is 0.283 e. The summed E-state index contributed by atoms with van der Waals surface area (Å²) >= 11 is 0. The number of rotatable bonds is 2. The predicted molar refractivity (Wildman–Crippen MR) is 46.0 cm³/mol. The van der Waals surface area contributed by atoms with Gasteiger partial charge in [0.1, 0.15) is 8.15 Å². The third-order valence-corrected chi connectivity index (χ3v) is 2.68. The standard InChI is InChI=1S/C8H9F2OP/c1-6-2-4-7(5-3-6)12(11)8(9)10/h2-5,8,11H,1H3. The molecule has 66 valence electrons. The first kappa shape index (κ1) is 9.56. The van der Waals surface area contributed by atoms with Crippen LogP contribution < -0.4 is 5.30 Å². The van der Waals surface area contributed by atoms with Crippen molar-refractivity contribution in [2.75, 3.05) is 0 Å². The van der Waals surface area contributed by atoms with Gasteiger partial charge in [0.2, 0.25) is 0 Å². The first-order chi connectivity index (χ1) is 5.61. The van der Waals surface area contributed by atoms with Crippen LogP contribution in [0.4, 0.5) is 8.78 Å². The highest BCUT2D eigenvalue weighted by atomic mass is 31.1. The number of aryl methyl sites for hydroxylation is 1. The molecule has 0 fully saturated rings. The molecule has 1 nitrogen and oxygen atoms in total. The summed E-state index contributed by atoms with van der Waals surface area (Å²) in [5, 5.41) is 0.325. The third-order valence-electron chi connectivity index (χ3n) is 1.48. The summed E-state index contributed by atoms with van der Waals surface area (Å²) in [5.74, 6) is 0.